The van der Waals surface area contributed by atoms with Crippen LogP contribution in [0.3, 0.4) is 0 Å². The van der Waals surface area contributed by atoms with E-state index in [-0.39, 0.29) is 0 Å². The maximum absolute atomic E-state index is 12.7. The van der Waals surface area contributed by atoms with Gasteiger partial charge in [-0.1, -0.05) is 6.07 Å². The van der Waals surface area contributed by atoms with E-state index in [1.807, 2.05) is 0 Å². The molecule has 12 heteroatoms. The van der Waals surface area contributed by atoms with Gasteiger partial charge < -0.3 is 0 Å². The molecule has 0 heterocycles. The normalized spacial score (nSPS) is 13.6. The molecule has 21 heavy (non-hydrogen) atoms. The average Bonchev–Trinajstić information content (AvgIpc) is 2.36. The lowest BCUT2D eigenvalue weighted by molar-refractivity contribution is -0.122. The maximum Gasteiger partial charge on any atom is 0.332 e. The van der Waals surface area contributed by atoms with Crippen molar-refractivity contribution in [1.82, 2.24) is 4.72 Å². The predicted octanol–water partition coefficient (Wildman–Crippen LogP) is 1.52. The molecule has 0 amide bonds. The van der Waals surface area contributed by atoms with Gasteiger partial charge in [0.2, 0.25) is 10.0 Å². The Morgan fingerprint density at radius 2 is 1.62 bits per heavy atom. The van der Waals surface area contributed by atoms with Gasteiger partial charge in [-0.15, -0.1) is 3.89 Å². The Bertz CT molecular complexity index is 717. The molecule has 1 rings (SSSR count). The molecule has 0 bridgehead atoms. The lowest BCUT2D eigenvalue weighted by Gasteiger charge is -2.16. The van der Waals surface area contributed by atoms with E-state index in [0.717, 1.165) is 18.2 Å². The third-order valence-corrected chi connectivity index (χ3v) is 4.43. The lowest BCUT2D eigenvalue weighted by atomic mass is 10.4. The number of alkyl halides is 4. The first kappa shape index (κ1) is 17.8. The third-order valence-electron chi connectivity index (χ3n) is 2.21. The van der Waals surface area contributed by atoms with Gasteiger partial charge in [-0.3, -0.25) is 0 Å². The second-order valence-electron chi connectivity index (χ2n) is 3.80. The summed E-state index contributed by atoms with van der Waals surface area (Å²) in [5, 5.41) is 0. The Morgan fingerprint density at radius 3 is 2.10 bits per heavy atom. The average molecular weight is 353 g/mol. The summed E-state index contributed by atoms with van der Waals surface area (Å²) in [4.78, 5) is -1.86. The monoisotopic (exact) mass is 353 g/mol. The molecule has 0 fully saturated rings. The highest BCUT2D eigenvalue weighted by Gasteiger charge is 2.41. The number of sulfonamides is 1. The van der Waals surface area contributed by atoms with Gasteiger partial charge in [-0.25, -0.2) is 21.9 Å². The first-order chi connectivity index (χ1) is 9.36. The third kappa shape index (κ3) is 4.61. The van der Waals surface area contributed by atoms with E-state index in [1.165, 1.54) is 4.72 Å². The van der Waals surface area contributed by atoms with Crippen molar-refractivity contribution in [2.24, 2.45) is 0 Å². The number of benzene rings is 1. The minimum Gasteiger partial charge on any atom is -0.207 e. The summed E-state index contributed by atoms with van der Waals surface area (Å²) >= 11 is 0. The Balaban J connectivity index is 3.05. The van der Waals surface area contributed by atoms with Crippen molar-refractivity contribution in [3.63, 3.8) is 0 Å². The molecule has 0 aromatic heterocycles. The van der Waals surface area contributed by atoms with Crippen LogP contribution in [0.15, 0.2) is 34.1 Å². The van der Waals surface area contributed by atoms with Gasteiger partial charge in [-0.05, 0) is 18.2 Å². The molecule has 0 saturated heterocycles. The van der Waals surface area contributed by atoms with Crippen LogP contribution in [0.4, 0.5) is 21.4 Å². The Hall–Kier alpha value is -1.27. The molecule has 1 aromatic carbocycles. The van der Waals surface area contributed by atoms with Crippen LogP contribution in [0, 0.1) is 0 Å². The Kier molecular flexibility index (Phi) is 4.95. The van der Waals surface area contributed by atoms with Gasteiger partial charge in [0.15, 0.2) is 0 Å². The topological polar surface area (TPSA) is 80.3 Å². The molecule has 1 aromatic rings. The molecule has 0 radical (unpaired) electrons. The largest absolute Gasteiger partial charge is 0.332 e. The van der Waals surface area contributed by atoms with Crippen molar-refractivity contribution in [2.45, 2.75) is 22.1 Å². The fourth-order valence-corrected chi connectivity index (χ4v) is 2.82. The van der Waals surface area contributed by atoms with Crippen LogP contribution in [0.5, 0.6) is 0 Å². The van der Waals surface area contributed by atoms with Crippen LogP contribution in [0.2, 0.25) is 0 Å². The highest BCUT2D eigenvalue weighted by Crippen LogP contribution is 2.23. The zero-order chi connectivity index (χ0) is 16.5. The summed E-state index contributed by atoms with van der Waals surface area (Å²) in [6.07, 6.45) is -4.09. The van der Waals surface area contributed by atoms with Crippen molar-refractivity contribution in [3.8, 4) is 0 Å². The number of rotatable bonds is 6. The fourth-order valence-electron chi connectivity index (χ4n) is 1.14. The molecular weight excluding hydrogens is 345 g/mol. The summed E-state index contributed by atoms with van der Waals surface area (Å²) in [5.74, 6) is -4.60. The summed E-state index contributed by atoms with van der Waals surface area (Å²) in [5.41, 5.74) is 0. The Morgan fingerprint density at radius 1 is 1.10 bits per heavy atom. The second kappa shape index (κ2) is 5.85. The summed E-state index contributed by atoms with van der Waals surface area (Å²) < 4.78 is 107. The van der Waals surface area contributed by atoms with E-state index in [9.17, 15) is 38.3 Å². The van der Waals surface area contributed by atoms with Gasteiger partial charge >= 0.3 is 22.6 Å². The smallest absolute Gasteiger partial charge is 0.207 e. The van der Waals surface area contributed by atoms with Crippen molar-refractivity contribution in [3.05, 3.63) is 24.3 Å². The van der Waals surface area contributed by atoms with E-state index in [4.69, 9.17) is 0 Å². The molecule has 0 aliphatic heterocycles. The Labute approximate surface area is 117 Å². The van der Waals surface area contributed by atoms with Crippen molar-refractivity contribution >= 4 is 20.2 Å². The van der Waals surface area contributed by atoms with Crippen LogP contribution in [0.1, 0.15) is 0 Å². The zero-order valence-electron chi connectivity index (χ0n) is 9.93. The van der Waals surface area contributed by atoms with E-state index in [0.29, 0.717) is 6.07 Å². The maximum atomic E-state index is 12.7. The molecular formula is C9H8F5NO4S2. The van der Waals surface area contributed by atoms with Gasteiger partial charge in [0.1, 0.15) is 0 Å². The van der Waals surface area contributed by atoms with E-state index in [2.05, 4.69) is 0 Å². The zero-order valence-corrected chi connectivity index (χ0v) is 11.6. The molecule has 0 unspecified atom stereocenters. The number of nitrogens with one attached hydrogen (secondary N) is 1. The molecule has 1 N–H and O–H groups in total. The van der Waals surface area contributed by atoms with Gasteiger partial charge in [-0.2, -0.15) is 17.2 Å². The van der Waals surface area contributed by atoms with Crippen LogP contribution in [-0.4, -0.2) is 35.7 Å². The molecule has 5 nitrogen and oxygen atoms in total. The lowest BCUT2D eigenvalue weighted by Crippen LogP contribution is -2.41. The quantitative estimate of drug-likeness (QED) is 0.621. The number of halogens is 5. The summed E-state index contributed by atoms with van der Waals surface area (Å²) in [6, 6.07) is 2.75. The summed E-state index contributed by atoms with van der Waals surface area (Å²) in [7, 11) is -9.91. The van der Waals surface area contributed by atoms with E-state index in [1.54, 1.807) is 0 Å². The molecule has 0 aliphatic carbocycles. The molecule has 120 valence electrons. The van der Waals surface area contributed by atoms with Gasteiger partial charge in [0.25, 0.3) is 0 Å². The van der Waals surface area contributed by atoms with Crippen molar-refractivity contribution in [2.75, 3.05) is 6.54 Å². The van der Waals surface area contributed by atoms with Crippen molar-refractivity contribution in [1.29, 1.82) is 0 Å². The molecule has 0 atom stereocenters. The molecule has 0 spiro atoms. The first-order valence-corrected chi connectivity index (χ1v) is 7.93. The van der Waals surface area contributed by atoms with Crippen LogP contribution in [-0.2, 0) is 20.2 Å². The van der Waals surface area contributed by atoms with E-state index < -0.39 is 48.9 Å². The van der Waals surface area contributed by atoms with Gasteiger partial charge in [0.05, 0.1) is 16.3 Å². The first-order valence-electron chi connectivity index (χ1n) is 5.06. The van der Waals surface area contributed by atoms with Crippen LogP contribution < -0.4 is 4.72 Å². The molecule has 0 saturated carbocycles. The van der Waals surface area contributed by atoms with E-state index >= 15 is 0 Å². The SMILES string of the molecule is O=S(=O)(F)c1cccc(S(=O)(=O)NCC(F)(F)C(F)F)c1. The number of hydrogen-bond donors (Lipinski definition) is 1. The van der Waals surface area contributed by atoms with Crippen LogP contribution >= 0.6 is 0 Å². The number of hydrogen-bond acceptors (Lipinski definition) is 4. The van der Waals surface area contributed by atoms with Crippen LogP contribution in [0.25, 0.3) is 0 Å². The minimum atomic E-state index is -5.20. The standard InChI is InChI=1S/C9H8F5NO4S2/c10-8(11)9(12,13)5-15-21(18,19)7-3-1-2-6(4-7)20(14,16)17/h1-4,8,15H,5H2. The predicted molar refractivity (Wildman–Crippen MR) is 60.9 cm³/mol. The minimum absolute atomic E-state index is 0.373. The molecule has 0 aliphatic rings. The second-order valence-corrected chi connectivity index (χ2v) is 6.91. The fraction of sp³-hybridized carbons (Fsp3) is 0.333. The highest BCUT2D eigenvalue weighted by atomic mass is 32.3. The summed E-state index contributed by atoms with van der Waals surface area (Å²) in [6.45, 7) is -1.89. The highest BCUT2D eigenvalue weighted by molar-refractivity contribution is 7.89. The van der Waals surface area contributed by atoms with Crippen molar-refractivity contribution < 1.29 is 38.3 Å². The van der Waals surface area contributed by atoms with Gasteiger partial charge in [0, 0.05) is 0 Å².